The number of aromatic nitrogens is 1. The van der Waals surface area contributed by atoms with Gasteiger partial charge in [-0.15, -0.1) is 11.3 Å². The van der Waals surface area contributed by atoms with E-state index in [1.54, 1.807) is 12.1 Å². The van der Waals surface area contributed by atoms with E-state index in [-0.39, 0.29) is 4.90 Å². The molecule has 18 heavy (non-hydrogen) atoms. The molecular formula is C11H12N2O3S2. The predicted molar refractivity (Wildman–Crippen MR) is 71.1 cm³/mol. The van der Waals surface area contributed by atoms with Crippen molar-refractivity contribution in [3.63, 3.8) is 0 Å². The third-order valence-corrected chi connectivity index (χ3v) is 4.25. The first-order valence-electron chi connectivity index (χ1n) is 5.15. The lowest BCUT2D eigenvalue weighted by molar-refractivity contribution is 0.483. The molecule has 0 amide bonds. The van der Waals surface area contributed by atoms with E-state index in [9.17, 15) is 8.42 Å². The molecule has 0 bridgehead atoms. The van der Waals surface area contributed by atoms with Gasteiger partial charge in [0.15, 0.2) is 5.13 Å². The minimum atomic E-state index is -4.18. The van der Waals surface area contributed by atoms with Gasteiger partial charge < -0.3 is 5.32 Å². The lowest BCUT2D eigenvalue weighted by atomic mass is 10.3. The zero-order valence-electron chi connectivity index (χ0n) is 9.84. The zero-order valence-corrected chi connectivity index (χ0v) is 11.5. The summed E-state index contributed by atoms with van der Waals surface area (Å²) >= 11 is 1.49. The van der Waals surface area contributed by atoms with E-state index in [1.165, 1.54) is 23.5 Å². The Balaban J connectivity index is 2.30. The summed E-state index contributed by atoms with van der Waals surface area (Å²) in [6, 6.07) is 5.96. The number of hydrogen-bond donors (Lipinski definition) is 2. The highest BCUT2D eigenvalue weighted by Gasteiger charge is 2.10. The summed E-state index contributed by atoms with van der Waals surface area (Å²) < 4.78 is 31.0. The van der Waals surface area contributed by atoms with Gasteiger partial charge in [-0.25, -0.2) is 4.98 Å². The van der Waals surface area contributed by atoms with Crippen molar-refractivity contribution in [2.45, 2.75) is 18.7 Å². The Hall–Kier alpha value is -1.44. The maximum atomic E-state index is 11.0. The Kier molecular flexibility index (Phi) is 3.38. The largest absolute Gasteiger partial charge is 0.331 e. The summed E-state index contributed by atoms with van der Waals surface area (Å²) in [6.07, 6.45) is 0. The average molecular weight is 284 g/mol. The van der Waals surface area contributed by atoms with Gasteiger partial charge in [-0.05, 0) is 32.0 Å². The third kappa shape index (κ3) is 2.87. The standard InChI is InChI=1S/C11H12N2O3S2/c1-7-8(2)17-11(12-7)13-9-4-3-5-10(6-9)18(14,15)16/h3-6H,1-2H3,(H,12,13)(H,14,15,16). The molecule has 0 atom stereocenters. The van der Waals surface area contributed by atoms with Crippen LogP contribution >= 0.6 is 11.3 Å². The maximum Gasteiger partial charge on any atom is 0.294 e. The van der Waals surface area contributed by atoms with E-state index < -0.39 is 10.1 Å². The van der Waals surface area contributed by atoms with Crippen molar-refractivity contribution in [2.24, 2.45) is 0 Å². The van der Waals surface area contributed by atoms with Crippen molar-refractivity contribution in [3.8, 4) is 0 Å². The first-order chi connectivity index (χ1) is 8.36. The molecule has 2 aromatic rings. The predicted octanol–water partition coefficient (Wildman–Crippen LogP) is 2.75. The Morgan fingerprint density at radius 1 is 1.33 bits per heavy atom. The zero-order chi connectivity index (χ0) is 13.3. The topological polar surface area (TPSA) is 79.3 Å². The van der Waals surface area contributed by atoms with Crippen molar-refractivity contribution in [3.05, 3.63) is 34.8 Å². The molecule has 96 valence electrons. The number of aryl methyl sites for hydroxylation is 2. The highest BCUT2D eigenvalue weighted by molar-refractivity contribution is 7.85. The van der Waals surface area contributed by atoms with Crippen LogP contribution in [0, 0.1) is 13.8 Å². The van der Waals surface area contributed by atoms with Crippen LogP contribution in [0.5, 0.6) is 0 Å². The Morgan fingerprint density at radius 3 is 2.61 bits per heavy atom. The van der Waals surface area contributed by atoms with Gasteiger partial charge in [0, 0.05) is 10.6 Å². The molecule has 0 saturated heterocycles. The van der Waals surface area contributed by atoms with Crippen molar-refractivity contribution < 1.29 is 13.0 Å². The molecule has 1 heterocycles. The number of rotatable bonds is 3. The van der Waals surface area contributed by atoms with Gasteiger partial charge in [0.2, 0.25) is 0 Å². The molecule has 0 radical (unpaired) electrons. The molecule has 0 unspecified atom stereocenters. The molecule has 0 aliphatic rings. The first-order valence-corrected chi connectivity index (χ1v) is 7.40. The van der Waals surface area contributed by atoms with Crippen LogP contribution in [0.25, 0.3) is 0 Å². The average Bonchev–Trinajstić information content (AvgIpc) is 2.57. The van der Waals surface area contributed by atoms with E-state index >= 15 is 0 Å². The van der Waals surface area contributed by atoms with Gasteiger partial charge in [0.1, 0.15) is 0 Å². The minimum absolute atomic E-state index is 0.141. The minimum Gasteiger partial charge on any atom is -0.331 e. The molecule has 2 rings (SSSR count). The molecule has 0 fully saturated rings. The van der Waals surface area contributed by atoms with E-state index in [2.05, 4.69) is 10.3 Å². The molecule has 0 saturated carbocycles. The van der Waals surface area contributed by atoms with Gasteiger partial charge in [-0.2, -0.15) is 8.42 Å². The first kappa shape index (κ1) is 13.0. The number of thiazole rings is 1. The third-order valence-electron chi connectivity index (χ3n) is 2.41. The number of benzene rings is 1. The lowest BCUT2D eigenvalue weighted by Crippen LogP contribution is -1.99. The fourth-order valence-corrected chi connectivity index (χ4v) is 2.75. The van der Waals surface area contributed by atoms with Crippen LogP contribution in [0.3, 0.4) is 0 Å². The number of hydrogen-bond acceptors (Lipinski definition) is 5. The van der Waals surface area contributed by atoms with Crippen molar-refractivity contribution in [1.29, 1.82) is 0 Å². The Bertz CT molecular complexity index is 658. The number of anilines is 2. The smallest absolute Gasteiger partial charge is 0.294 e. The molecule has 5 nitrogen and oxygen atoms in total. The highest BCUT2D eigenvalue weighted by atomic mass is 32.2. The van der Waals surface area contributed by atoms with E-state index in [1.807, 2.05) is 13.8 Å². The molecule has 0 aliphatic carbocycles. The quantitative estimate of drug-likeness (QED) is 0.847. The second-order valence-electron chi connectivity index (χ2n) is 3.79. The number of nitrogens with one attached hydrogen (secondary N) is 1. The lowest BCUT2D eigenvalue weighted by Gasteiger charge is -2.03. The second-order valence-corrected chi connectivity index (χ2v) is 6.41. The normalized spacial score (nSPS) is 11.5. The van der Waals surface area contributed by atoms with Gasteiger partial charge in [-0.1, -0.05) is 6.07 Å². The van der Waals surface area contributed by atoms with Gasteiger partial charge >= 0.3 is 0 Å². The summed E-state index contributed by atoms with van der Waals surface area (Å²) in [5.74, 6) is 0. The second kappa shape index (κ2) is 4.68. The molecule has 7 heteroatoms. The van der Waals surface area contributed by atoms with Crippen molar-refractivity contribution >= 4 is 32.3 Å². The van der Waals surface area contributed by atoms with Crippen LogP contribution in [0.1, 0.15) is 10.6 Å². The fourth-order valence-electron chi connectivity index (χ4n) is 1.38. The fraction of sp³-hybridized carbons (Fsp3) is 0.182. The van der Waals surface area contributed by atoms with E-state index in [0.717, 1.165) is 10.6 Å². The van der Waals surface area contributed by atoms with Crippen molar-refractivity contribution in [1.82, 2.24) is 4.98 Å². The van der Waals surface area contributed by atoms with Crippen LogP contribution < -0.4 is 5.32 Å². The maximum absolute atomic E-state index is 11.0. The highest BCUT2D eigenvalue weighted by Crippen LogP contribution is 2.25. The van der Waals surface area contributed by atoms with Crippen LogP contribution in [0.4, 0.5) is 10.8 Å². The molecule has 1 aromatic heterocycles. The molecular weight excluding hydrogens is 272 g/mol. The van der Waals surface area contributed by atoms with Crippen LogP contribution in [-0.2, 0) is 10.1 Å². The van der Waals surface area contributed by atoms with Gasteiger partial charge in [0.05, 0.1) is 10.6 Å². The van der Waals surface area contributed by atoms with E-state index in [0.29, 0.717) is 10.8 Å². The Labute approximate surface area is 109 Å². The summed E-state index contributed by atoms with van der Waals surface area (Å²) in [5.41, 5.74) is 1.51. The molecule has 2 N–H and O–H groups in total. The Morgan fingerprint density at radius 2 is 2.06 bits per heavy atom. The molecule has 0 aliphatic heterocycles. The summed E-state index contributed by atoms with van der Waals surface area (Å²) in [7, 11) is -4.18. The van der Waals surface area contributed by atoms with Gasteiger partial charge in [-0.3, -0.25) is 4.55 Å². The summed E-state index contributed by atoms with van der Waals surface area (Å²) in [5, 5.41) is 3.70. The van der Waals surface area contributed by atoms with Crippen LogP contribution in [0.2, 0.25) is 0 Å². The van der Waals surface area contributed by atoms with Crippen LogP contribution in [-0.4, -0.2) is 18.0 Å². The number of nitrogens with zero attached hydrogens (tertiary/aromatic N) is 1. The van der Waals surface area contributed by atoms with Crippen molar-refractivity contribution in [2.75, 3.05) is 5.32 Å². The molecule has 0 spiro atoms. The summed E-state index contributed by atoms with van der Waals surface area (Å²) in [4.78, 5) is 5.25. The summed E-state index contributed by atoms with van der Waals surface area (Å²) in [6.45, 7) is 3.87. The van der Waals surface area contributed by atoms with E-state index in [4.69, 9.17) is 4.55 Å². The van der Waals surface area contributed by atoms with Gasteiger partial charge in [0.25, 0.3) is 10.1 Å². The SMILES string of the molecule is Cc1nc(Nc2cccc(S(=O)(=O)O)c2)sc1C. The monoisotopic (exact) mass is 284 g/mol. The van der Waals surface area contributed by atoms with Crippen LogP contribution in [0.15, 0.2) is 29.2 Å². The molecule has 1 aromatic carbocycles.